The first-order valence-corrected chi connectivity index (χ1v) is 12.6. The maximum Gasteiger partial charge on any atom is 0.293 e. The molecule has 2 N–H and O–H groups in total. The minimum absolute atomic E-state index is 0.119. The number of nitrogens with zero attached hydrogens (tertiary/aromatic N) is 5. The highest BCUT2D eigenvalue weighted by Crippen LogP contribution is 2.36. The van der Waals surface area contributed by atoms with Crippen LogP contribution in [0.1, 0.15) is 59.4 Å². The molecule has 2 fully saturated rings. The molecule has 0 aliphatic carbocycles. The first-order valence-electron chi connectivity index (χ1n) is 12.6. The predicted molar refractivity (Wildman–Crippen MR) is 136 cm³/mol. The van der Waals surface area contributed by atoms with Gasteiger partial charge in [-0.25, -0.2) is 13.8 Å². The van der Waals surface area contributed by atoms with E-state index < -0.39 is 17.5 Å². The van der Waals surface area contributed by atoms with Gasteiger partial charge in [-0.2, -0.15) is 0 Å². The Kier molecular flexibility index (Phi) is 6.25. The van der Waals surface area contributed by atoms with Crippen molar-refractivity contribution >= 4 is 23.1 Å². The van der Waals surface area contributed by atoms with Crippen molar-refractivity contribution in [3.63, 3.8) is 0 Å². The van der Waals surface area contributed by atoms with Crippen LogP contribution in [0.2, 0.25) is 0 Å². The summed E-state index contributed by atoms with van der Waals surface area (Å²) in [6, 6.07) is 11.1. The fraction of sp³-hybridized carbons (Fsp3) is 0.333. The number of anilines is 2. The van der Waals surface area contributed by atoms with Crippen molar-refractivity contribution in [2.75, 3.05) is 29.9 Å². The smallest absolute Gasteiger partial charge is 0.293 e. The molecule has 2 aliphatic heterocycles. The lowest BCUT2D eigenvalue weighted by atomic mass is 9.90. The first kappa shape index (κ1) is 23.5. The van der Waals surface area contributed by atoms with E-state index in [0.717, 1.165) is 44.5 Å². The molecule has 6 rings (SSSR count). The van der Waals surface area contributed by atoms with Gasteiger partial charge in [0.15, 0.2) is 5.65 Å². The third kappa shape index (κ3) is 4.64. The summed E-state index contributed by atoms with van der Waals surface area (Å²) >= 11 is 0. The average Bonchev–Trinajstić information content (AvgIpc) is 3.58. The van der Waals surface area contributed by atoms with Crippen molar-refractivity contribution < 1.29 is 13.6 Å². The lowest BCUT2D eigenvalue weighted by Gasteiger charge is -2.26. The second kappa shape index (κ2) is 9.85. The molecule has 8 nitrogen and oxygen atoms in total. The van der Waals surface area contributed by atoms with Crippen molar-refractivity contribution in [3.8, 4) is 0 Å². The molecule has 4 aromatic rings. The molecular weight excluding hydrogens is 476 g/mol. The lowest BCUT2D eigenvalue weighted by Crippen LogP contribution is -2.26. The van der Waals surface area contributed by atoms with Gasteiger partial charge < -0.3 is 15.5 Å². The van der Waals surface area contributed by atoms with Crippen molar-refractivity contribution in [1.29, 1.82) is 0 Å². The molecular formula is C27H27F2N7O. The van der Waals surface area contributed by atoms with Crippen molar-refractivity contribution in [1.82, 2.24) is 24.9 Å². The van der Waals surface area contributed by atoms with Crippen LogP contribution in [-0.4, -0.2) is 45.1 Å². The van der Waals surface area contributed by atoms with E-state index in [1.54, 1.807) is 10.6 Å². The number of rotatable bonds is 5. The Morgan fingerprint density at radius 2 is 1.84 bits per heavy atom. The number of hydrogen-bond acceptors (Lipinski definition) is 6. The first-order chi connectivity index (χ1) is 18.1. The van der Waals surface area contributed by atoms with Gasteiger partial charge in [0.25, 0.3) is 5.91 Å². The van der Waals surface area contributed by atoms with Gasteiger partial charge in [0.2, 0.25) is 5.82 Å². The molecule has 0 saturated carbocycles. The van der Waals surface area contributed by atoms with Gasteiger partial charge in [-0.1, -0.05) is 12.1 Å². The van der Waals surface area contributed by atoms with Crippen molar-refractivity contribution in [3.05, 3.63) is 83.4 Å². The van der Waals surface area contributed by atoms with Crippen LogP contribution in [0.3, 0.4) is 0 Å². The minimum atomic E-state index is -0.479. The molecule has 2 aromatic heterocycles. The molecule has 2 saturated heterocycles. The van der Waals surface area contributed by atoms with E-state index in [1.165, 1.54) is 17.8 Å². The standard InChI is InChI=1S/C27H27F2N7O/c28-19-5-8-22(29)21(14-19)23-2-1-13-35(23)25-16-36-24(15-31-25)33-34-26(36)27(37)32-20-6-3-17(4-7-20)18-9-11-30-12-10-18/h3-8,14-16,18,23,30H,1-2,9-13H2,(H,32,37)/t23-/m1/s1. The van der Waals surface area contributed by atoms with Gasteiger partial charge >= 0.3 is 0 Å². The minimum Gasteiger partial charge on any atom is -0.348 e. The summed E-state index contributed by atoms with van der Waals surface area (Å²) in [6.45, 7) is 2.68. The summed E-state index contributed by atoms with van der Waals surface area (Å²) < 4.78 is 30.0. The van der Waals surface area contributed by atoms with Gasteiger partial charge in [-0.15, -0.1) is 10.2 Å². The summed E-state index contributed by atoms with van der Waals surface area (Å²) in [6.07, 6.45) is 6.91. The highest BCUT2D eigenvalue weighted by Gasteiger charge is 2.30. The molecule has 0 spiro atoms. The topological polar surface area (TPSA) is 87.4 Å². The number of carbonyl (C=O) groups is 1. The van der Waals surface area contributed by atoms with Crippen LogP contribution in [0, 0.1) is 11.6 Å². The number of halogens is 2. The van der Waals surface area contributed by atoms with E-state index in [9.17, 15) is 13.6 Å². The quantitative estimate of drug-likeness (QED) is 0.418. The Morgan fingerprint density at radius 3 is 2.65 bits per heavy atom. The SMILES string of the molecule is O=C(Nc1ccc(C2CCNCC2)cc1)c1nnc2cnc(N3CCC[C@@H]3c3cc(F)ccc3F)cn12. The Morgan fingerprint density at radius 1 is 1.03 bits per heavy atom. The zero-order valence-corrected chi connectivity index (χ0v) is 20.2. The number of aromatic nitrogens is 4. The number of fused-ring (bicyclic) bond motifs is 1. The lowest BCUT2D eigenvalue weighted by molar-refractivity contribution is 0.101. The van der Waals surface area contributed by atoms with Crippen LogP contribution in [0.4, 0.5) is 20.3 Å². The number of carbonyl (C=O) groups excluding carboxylic acids is 1. The summed E-state index contributed by atoms with van der Waals surface area (Å²) in [7, 11) is 0. The Hall–Kier alpha value is -3.92. The normalized spacial score (nSPS) is 18.4. The van der Waals surface area contributed by atoms with Crippen LogP contribution in [0.25, 0.3) is 5.65 Å². The summed E-state index contributed by atoms with van der Waals surface area (Å²) in [5, 5.41) is 14.4. The fourth-order valence-electron chi connectivity index (χ4n) is 5.41. The van der Waals surface area contributed by atoms with E-state index in [2.05, 4.69) is 37.9 Å². The molecule has 0 radical (unpaired) electrons. The maximum absolute atomic E-state index is 14.5. The van der Waals surface area contributed by atoms with Gasteiger partial charge in [0.1, 0.15) is 17.5 Å². The zero-order chi connectivity index (χ0) is 25.4. The van der Waals surface area contributed by atoms with Crippen LogP contribution >= 0.6 is 0 Å². The largest absolute Gasteiger partial charge is 0.348 e. The Bertz CT molecular complexity index is 1430. The van der Waals surface area contributed by atoms with E-state index in [1.807, 2.05) is 17.0 Å². The van der Waals surface area contributed by atoms with E-state index in [0.29, 0.717) is 41.6 Å². The molecule has 1 amide bonds. The highest BCUT2D eigenvalue weighted by molar-refractivity contribution is 6.02. The second-order valence-electron chi connectivity index (χ2n) is 9.61. The van der Waals surface area contributed by atoms with Gasteiger partial charge in [-0.3, -0.25) is 9.20 Å². The molecule has 1 atom stereocenters. The number of amides is 1. The zero-order valence-electron chi connectivity index (χ0n) is 20.2. The number of nitrogens with one attached hydrogen (secondary N) is 2. The molecule has 37 heavy (non-hydrogen) atoms. The number of piperidine rings is 1. The van der Waals surface area contributed by atoms with Crippen LogP contribution in [0.15, 0.2) is 54.9 Å². The van der Waals surface area contributed by atoms with Gasteiger partial charge in [-0.05, 0) is 80.6 Å². The molecule has 0 bridgehead atoms. The Balaban J connectivity index is 1.23. The summed E-state index contributed by atoms with van der Waals surface area (Å²) in [5.41, 5.74) is 2.67. The van der Waals surface area contributed by atoms with E-state index in [-0.39, 0.29) is 11.9 Å². The molecule has 2 aromatic carbocycles. The highest BCUT2D eigenvalue weighted by atomic mass is 19.1. The molecule has 190 valence electrons. The van der Waals surface area contributed by atoms with Crippen LogP contribution in [0.5, 0.6) is 0 Å². The predicted octanol–water partition coefficient (Wildman–Crippen LogP) is 4.46. The third-order valence-corrected chi connectivity index (χ3v) is 7.33. The van der Waals surface area contributed by atoms with Crippen molar-refractivity contribution in [2.24, 2.45) is 0 Å². The molecule has 10 heteroatoms. The summed E-state index contributed by atoms with van der Waals surface area (Å²) in [4.78, 5) is 19.5. The molecule has 4 heterocycles. The molecule has 2 aliphatic rings. The fourth-order valence-corrected chi connectivity index (χ4v) is 5.41. The second-order valence-corrected chi connectivity index (χ2v) is 9.61. The monoisotopic (exact) mass is 503 g/mol. The Labute approximate surface area is 212 Å². The van der Waals surface area contributed by atoms with Crippen LogP contribution in [-0.2, 0) is 0 Å². The molecule has 0 unspecified atom stereocenters. The third-order valence-electron chi connectivity index (χ3n) is 7.33. The van der Waals surface area contributed by atoms with Gasteiger partial charge in [0, 0.05) is 17.8 Å². The number of hydrogen-bond donors (Lipinski definition) is 2. The van der Waals surface area contributed by atoms with Crippen molar-refractivity contribution in [2.45, 2.75) is 37.6 Å². The van der Waals surface area contributed by atoms with Crippen LogP contribution < -0.4 is 15.5 Å². The van der Waals surface area contributed by atoms with E-state index >= 15 is 0 Å². The van der Waals surface area contributed by atoms with Gasteiger partial charge in [0.05, 0.1) is 18.4 Å². The summed E-state index contributed by atoms with van der Waals surface area (Å²) in [5.74, 6) is -0.128. The maximum atomic E-state index is 14.5. The average molecular weight is 504 g/mol. The number of benzene rings is 2. The van der Waals surface area contributed by atoms with E-state index in [4.69, 9.17) is 0 Å².